The summed E-state index contributed by atoms with van der Waals surface area (Å²) >= 11 is 0. The summed E-state index contributed by atoms with van der Waals surface area (Å²) in [6.45, 7) is 8.90. The summed E-state index contributed by atoms with van der Waals surface area (Å²) in [6, 6.07) is 6.66. The molecular weight excluding hydrogens is 521 g/mol. The highest BCUT2D eigenvalue weighted by Crippen LogP contribution is 2.32. The maximum Gasteiger partial charge on any atom is 0.231 e. The van der Waals surface area contributed by atoms with E-state index >= 15 is 0 Å². The van der Waals surface area contributed by atoms with Crippen molar-refractivity contribution in [2.45, 2.75) is 45.7 Å². The number of hydrogen-bond donors (Lipinski definition) is 2. The smallest absolute Gasteiger partial charge is 0.231 e. The SMILES string of the molecule is CCN1CCCC1CNC(=NCc1nnc(C)n1C)NCCc1ccc2c(c1)OCO2.I. The lowest BCUT2D eigenvalue weighted by molar-refractivity contribution is 0.174. The van der Waals surface area contributed by atoms with Crippen LogP contribution in [0, 0.1) is 6.92 Å². The number of likely N-dealkylation sites (tertiary alicyclic amines) is 1. The minimum Gasteiger partial charge on any atom is -0.454 e. The summed E-state index contributed by atoms with van der Waals surface area (Å²) in [5.74, 6) is 4.19. The van der Waals surface area contributed by atoms with Gasteiger partial charge in [-0.3, -0.25) is 4.90 Å². The number of benzene rings is 1. The van der Waals surface area contributed by atoms with Crippen molar-refractivity contribution in [2.75, 3.05) is 33.0 Å². The first-order valence-electron chi connectivity index (χ1n) is 11.1. The second-order valence-electron chi connectivity index (χ2n) is 8.06. The average Bonchev–Trinajstić information content (AvgIpc) is 3.51. The molecule has 1 atom stereocenters. The standard InChI is InChI=1S/C22H33N7O2.HI/c1-4-29-11-5-6-18(29)13-24-22(25-14-21-27-26-16(2)28(21)3)23-10-9-17-7-8-19-20(12-17)31-15-30-19;/h7-8,12,18H,4-6,9-11,13-15H2,1-3H3,(H2,23,24,25);1H. The maximum atomic E-state index is 5.48. The minimum atomic E-state index is 0. The predicted octanol–water partition coefficient (Wildman–Crippen LogP) is 2.23. The molecule has 1 unspecified atom stereocenters. The Morgan fingerprint density at radius 2 is 2.06 bits per heavy atom. The summed E-state index contributed by atoms with van der Waals surface area (Å²) in [7, 11) is 1.97. The van der Waals surface area contributed by atoms with Crippen LogP contribution in [0.5, 0.6) is 11.5 Å². The number of hydrogen-bond acceptors (Lipinski definition) is 6. The van der Waals surface area contributed by atoms with Crippen molar-refractivity contribution < 1.29 is 9.47 Å². The van der Waals surface area contributed by atoms with Gasteiger partial charge in [-0.15, -0.1) is 34.2 Å². The number of aryl methyl sites for hydroxylation is 1. The molecule has 4 rings (SSSR count). The van der Waals surface area contributed by atoms with Crippen LogP contribution in [0.1, 0.15) is 37.0 Å². The van der Waals surface area contributed by atoms with Crippen molar-refractivity contribution in [1.29, 1.82) is 0 Å². The zero-order valence-corrected chi connectivity index (χ0v) is 21.5. The molecule has 1 fully saturated rings. The molecule has 0 amide bonds. The Bertz CT molecular complexity index is 918. The van der Waals surface area contributed by atoms with Gasteiger partial charge < -0.3 is 24.7 Å². The van der Waals surface area contributed by atoms with E-state index in [0.717, 1.165) is 55.2 Å². The van der Waals surface area contributed by atoms with Crippen LogP contribution >= 0.6 is 24.0 Å². The number of ether oxygens (including phenoxy) is 2. The molecule has 32 heavy (non-hydrogen) atoms. The van der Waals surface area contributed by atoms with E-state index in [1.807, 2.05) is 30.7 Å². The molecule has 2 aliphatic rings. The van der Waals surface area contributed by atoms with Crippen molar-refractivity contribution in [2.24, 2.45) is 12.0 Å². The van der Waals surface area contributed by atoms with E-state index in [-0.39, 0.29) is 24.0 Å². The first-order chi connectivity index (χ1) is 15.1. The molecule has 10 heteroatoms. The molecule has 0 spiro atoms. The van der Waals surface area contributed by atoms with Gasteiger partial charge in [0.2, 0.25) is 6.79 Å². The Balaban J connectivity index is 0.00000289. The summed E-state index contributed by atoms with van der Waals surface area (Å²) in [4.78, 5) is 7.31. The van der Waals surface area contributed by atoms with Crippen LogP contribution in [0.15, 0.2) is 23.2 Å². The van der Waals surface area contributed by atoms with Crippen molar-refractivity contribution in [3.8, 4) is 11.5 Å². The zero-order valence-electron chi connectivity index (χ0n) is 19.1. The van der Waals surface area contributed by atoms with Crippen LogP contribution in [-0.4, -0.2) is 64.6 Å². The van der Waals surface area contributed by atoms with E-state index in [0.29, 0.717) is 19.4 Å². The second kappa shape index (κ2) is 11.7. The van der Waals surface area contributed by atoms with Gasteiger partial charge in [0.15, 0.2) is 23.3 Å². The number of guanidine groups is 1. The van der Waals surface area contributed by atoms with E-state index in [2.05, 4.69) is 38.7 Å². The molecule has 1 saturated heterocycles. The van der Waals surface area contributed by atoms with E-state index in [4.69, 9.17) is 14.5 Å². The molecule has 2 aliphatic heterocycles. The molecule has 0 radical (unpaired) electrons. The van der Waals surface area contributed by atoms with E-state index in [1.54, 1.807) is 0 Å². The Morgan fingerprint density at radius 3 is 2.84 bits per heavy atom. The van der Waals surface area contributed by atoms with Gasteiger partial charge in [-0.25, -0.2) is 4.99 Å². The molecule has 2 aromatic rings. The Labute approximate surface area is 207 Å². The van der Waals surface area contributed by atoms with Gasteiger partial charge in [0.05, 0.1) is 0 Å². The molecular formula is C22H34IN7O2. The number of nitrogens with zero attached hydrogens (tertiary/aromatic N) is 5. The average molecular weight is 555 g/mol. The van der Waals surface area contributed by atoms with Gasteiger partial charge in [0.1, 0.15) is 12.4 Å². The molecule has 1 aromatic heterocycles. The van der Waals surface area contributed by atoms with Crippen LogP contribution in [0.3, 0.4) is 0 Å². The number of nitrogens with one attached hydrogen (secondary N) is 2. The summed E-state index contributed by atoms with van der Waals surface area (Å²) < 4.78 is 12.9. The first-order valence-corrected chi connectivity index (χ1v) is 11.1. The maximum absolute atomic E-state index is 5.48. The highest BCUT2D eigenvalue weighted by Gasteiger charge is 2.23. The van der Waals surface area contributed by atoms with Gasteiger partial charge in [-0.05, 0) is 57.0 Å². The lowest BCUT2D eigenvalue weighted by atomic mass is 10.1. The minimum absolute atomic E-state index is 0. The highest BCUT2D eigenvalue weighted by molar-refractivity contribution is 14.0. The summed E-state index contributed by atoms with van der Waals surface area (Å²) in [5, 5.41) is 15.4. The molecule has 3 heterocycles. The summed E-state index contributed by atoms with van der Waals surface area (Å²) in [6.07, 6.45) is 3.36. The van der Waals surface area contributed by atoms with Crippen molar-refractivity contribution in [3.05, 3.63) is 35.4 Å². The molecule has 0 aliphatic carbocycles. The van der Waals surface area contributed by atoms with Crippen LogP contribution in [-0.2, 0) is 20.0 Å². The van der Waals surface area contributed by atoms with E-state index in [9.17, 15) is 0 Å². The van der Waals surface area contributed by atoms with Gasteiger partial charge in [-0.1, -0.05) is 13.0 Å². The molecule has 176 valence electrons. The fraction of sp³-hybridized carbons (Fsp3) is 0.591. The number of likely N-dealkylation sites (N-methyl/N-ethyl adjacent to an activating group) is 1. The van der Waals surface area contributed by atoms with Crippen molar-refractivity contribution in [1.82, 2.24) is 30.3 Å². The monoisotopic (exact) mass is 555 g/mol. The third kappa shape index (κ3) is 6.03. The van der Waals surface area contributed by atoms with Gasteiger partial charge in [0, 0.05) is 26.2 Å². The molecule has 9 nitrogen and oxygen atoms in total. The number of rotatable bonds is 8. The summed E-state index contributed by atoms with van der Waals surface area (Å²) in [5.41, 5.74) is 1.20. The van der Waals surface area contributed by atoms with Crippen molar-refractivity contribution >= 4 is 29.9 Å². The van der Waals surface area contributed by atoms with Gasteiger partial charge in [0.25, 0.3) is 0 Å². The third-order valence-electron chi connectivity index (χ3n) is 6.11. The molecule has 1 aromatic carbocycles. The van der Waals surface area contributed by atoms with Crippen LogP contribution < -0.4 is 20.1 Å². The highest BCUT2D eigenvalue weighted by atomic mass is 127. The Hall–Kier alpha value is -2.08. The van der Waals surface area contributed by atoms with E-state index < -0.39 is 0 Å². The topological polar surface area (TPSA) is 88.8 Å². The molecule has 0 saturated carbocycles. The van der Waals surface area contributed by atoms with Crippen LogP contribution in [0.25, 0.3) is 0 Å². The second-order valence-corrected chi connectivity index (χ2v) is 8.06. The van der Waals surface area contributed by atoms with Crippen molar-refractivity contribution in [3.63, 3.8) is 0 Å². The lowest BCUT2D eigenvalue weighted by Gasteiger charge is -2.24. The quantitative estimate of drug-likeness (QED) is 0.294. The van der Waals surface area contributed by atoms with Crippen LogP contribution in [0.2, 0.25) is 0 Å². The Morgan fingerprint density at radius 1 is 1.22 bits per heavy atom. The fourth-order valence-electron chi connectivity index (χ4n) is 4.09. The Kier molecular flexibility index (Phi) is 8.97. The first kappa shape index (κ1) is 24.6. The third-order valence-corrected chi connectivity index (χ3v) is 6.11. The van der Waals surface area contributed by atoms with Crippen LogP contribution in [0.4, 0.5) is 0 Å². The largest absolute Gasteiger partial charge is 0.454 e. The number of halogens is 1. The van der Waals surface area contributed by atoms with E-state index in [1.165, 1.54) is 24.9 Å². The molecule has 0 bridgehead atoms. The van der Waals surface area contributed by atoms with Gasteiger partial charge in [-0.2, -0.15) is 0 Å². The lowest BCUT2D eigenvalue weighted by Crippen LogP contribution is -2.45. The number of fused-ring (bicyclic) bond motifs is 1. The zero-order chi connectivity index (χ0) is 21.6. The normalized spacial score (nSPS) is 18.0. The molecule has 2 N–H and O–H groups in total. The number of aromatic nitrogens is 3. The number of aliphatic imine (C=N–C) groups is 1. The predicted molar refractivity (Wildman–Crippen MR) is 135 cm³/mol. The van der Waals surface area contributed by atoms with Gasteiger partial charge >= 0.3 is 0 Å². The fourth-order valence-corrected chi connectivity index (χ4v) is 4.09.